The molecule has 2 rings (SSSR count). The molecule has 0 saturated carbocycles. The smallest absolute Gasteiger partial charge is 0.0616 e. The zero-order valence-corrected chi connectivity index (χ0v) is 9.22. The van der Waals surface area contributed by atoms with Crippen LogP contribution in [0.2, 0.25) is 0 Å². The van der Waals surface area contributed by atoms with E-state index >= 15 is 0 Å². The van der Waals surface area contributed by atoms with Crippen LogP contribution in [0.1, 0.15) is 1.37 Å². The maximum atomic E-state index is 7.43. The summed E-state index contributed by atoms with van der Waals surface area (Å²) in [7, 11) is 0. The van der Waals surface area contributed by atoms with E-state index in [1.54, 1.807) is 18.3 Å². The summed E-state index contributed by atoms with van der Waals surface area (Å²) in [5, 5.41) is 0. The molecule has 1 aromatic heterocycles. The van der Waals surface area contributed by atoms with Gasteiger partial charge in [0, 0.05) is 26.3 Å². The van der Waals surface area contributed by atoms with Crippen molar-refractivity contribution in [2.45, 2.75) is 0 Å². The number of hydrogen-bond donors (Lipinski definition) is 0. The molecular weight excluding hydrogens is 338 g/mol. The molecule has 0 N–H and O–H groups in total. The number of nitrogens with zero attached hydrogens (tertiary/aromatic N) is 1. The minimum Gasteiger partial charge on any atom is -0.305 e. The van der Waals surface area contributed by atoms with Gasteiger partial charge in [-0.3, -0.25) is 0 Å². The SMILES string of the molecule is [2H]c1ccnc(-c2[c-]cccc2)c1.[Ir]. The molecule has 0 aliphatic carbocycles. The second-order valence-corrected chi connectivity index (χ2v) is 2.42. The molecule has 0 aliphatic heterocycles. The second-order valence-electron chi connectivity index (χ2n) is 2.42. The quantitative estimate of drug-likeness (QED) is 0.723. The molecule has 67 valence electrons. The summed E-state index contributed by atoms with van der Waals surface area (Å²) in [6.45, 7) is 0. The molecule has 1 nitrogen and oxygen atoms in total. The molecule has 13 heavy (non-hydrogen) atoms. The molecular formula is C11H8IrN-. The van der Waals surface area contributed by atoms with Gasteiger partial charge in [0.15, 0.2) is 0 Å². The summed E-state index contributed by atoms with van der Waals surface area (Å²) in [6, 6.07) is 14.5. The fourth-order valence-electron chi connectivity index (χ4n) is 1.02. The molecule has 2 aromatic rings. The number of aromatic nitrogens is 1. The third kappa shape index (κ3) is 2.48. The molecule has 0 spiro atoms. The molecule has 1 radical (unpaired) electrons. The molecule has 0 saturated heterocycles. The standard InChI is InChI=1S/C11H8N.Ir/c1-2-6-10(7-3-1)11-8-4-5-9-12-11;/h1-6,8-9H;/q-1;/i4D;. The van der Waals surface area contributed by atoms with E-state index in [1.807, 2.05) is 24.3 Å². The van der Waals surface area contributed by atoms with Crippen LogP contribution in [-0.2, 0) is 20.1 Å². The average molecular weight is 347 g/mol. The van der Waals surface area contributed by atoms with Crippen molar-refractivity contribution in [3.63, 3.8) is 0 Å². The van der Waals surface area contributed by atoms with Crippen LogP contribution in [0.4, 0.5) is 0 Å². The minimum atomic E-state index is 0. The van der Waals surface area contributed by atoms with E-state index in [1.165, 1.54) is 0 Å². The Morgan fingerprint density at radius 1 is 1.23 bits per heavy atom. The fourth-order valence-corrected chi connectivity index (χ4v) is 1.02. The van der Waals surface area contributed by atoms with Crippen LogP contribution >= 0.6 is 0 Å². The number of rotatable bonds is 1. The molecule has 0 bridgehead atoms. The Hall–Kier alpha value is -0.981. The predicted octanol–water partition coefficient (Wildman–Crippen LogP) is 2.55. The topological polar surface area (TPSA) is 12.9 Å². The first-order chi connectivity index (χ1) is 6.36. The molecule has 0 atom stereocenters. The van der Waals surface area contributed by atoms with Crippen LogP contribution in [-0.4, -0.2) is 4.98 Å². The third-order valence-corrected chi connectivity index (χ3v) is 1.59. The Labute approximate surface area is 92.6 Å². The summed E-state index contributed by atoms with van der Waals surface area (Å²) in [6.07, 6.45) is 1.64. The van der Waals surface area contributed by atoms with Crippen molar-refractivity contribution in [2.24, 2.45) is 0 Å². The van der Waals surface area contributed by atoms with Crippen molar-refractivity contribution in [1.29, 1.82) is 0 Å². The zero-order chi connectivity index (χ0) is 9.10. The molecule has 0 amide bonds. The largest absolute Gasteiger partial charge is 0.305 e. The van der Waals surface area contributed by atoms with E-state index in [2.05, 4.69) is 11.1 Å². The minimum absolute atomic E-state index is 0. The van der Waals surface area contributed by atoms with E-state index in [0.29, 0.717) is 6.04 Å². The fraction of sp³-hybridized carbons (Fsp3) is 0. The Morgan fingerprint density at radius 2 is 2.15 bits per heavy atom. The number of benzene rings is 1. The summed E-state index contributed by atoms with van der Waals surface area (Å²) in [5.41, 5.74) is 1.73. The Morgan fingerprint density at radius 3 is 2.85 bits per heavy atom. The van der Waals surface area contributed by atoms with Gasteiger partial charge in [-0.05, 0) is 11.8 Å². The van der Waals surface area contributed by atoms with Crippen molar-refractivity contribution in [1.82, 2.24) is 4.98 Å². The van der Waals surface area contributed by atoms with Gasteiger partial charge in [-0.1, -0.05) is 12.1 Å². The normalized spacial score (nSPS) is 10.0. The van der Waals surface area contributed by atoms with Crippen LogP contribution < -0.4 is 0 Å². The average Bonchev–Trinajstić information content (AvgIpc) is 2.19. The first-order valence-corrected chi connectivity index (χ1v) is 3.76. The number of pyridine rings is 1. The van der Waals surface area contributed by atoms with E-state index < -0.39 is 0 Å². The summed E-state index contributed by atoms with van der Waals surface area (Å²) in [5.74, 6) is 0. The van der Waals surface area contributed by atoms with Gasteiger partial charge in [-0.2, -0.15) is 0 Å². The van der Waals surface area contributed by atoms with E-state index in [0.717, 1.165) is 11.3 Å². The Kier molecular flexibility index (Phi) is 3.25. The number of hydrogen-bond acceptors (Lipinski definition) is 1. The van der Waals surface area contributed by atoms with E-state index in [-0.39, 0.29) is 20.1 Å². The van der Waals surface area contributed by atoms with Crippen molar-refractivity contribution in [3.05, 3.63) is 54.7 Å². The third-order valence-electron chi connectivity index (χ3n) is 1.59. The molecule has 1 aromatic carbocycles. The van der Waals surface area contributed by atoms with Gasteiger partial charge >= 0.3 is 0 Å². The summed E-state index contributed by atoms with van der Waals surface area (Å²) < 4.78 is 7.43. The molecule has 0 fully saturated rings. The Balaban J connectivity index is 0.000000980. The molecule has 0 unspecified atom stereocenters. The summed E-state index contributed by atoms with van der Waals surface area (Å²) in [4.78, 5) is 4.16. The predicted molar refractivity (Wildman–Crippen MR) is 48.5 cm³/mol. The van der Waals surface area contributed by atoms with Crippen LogP contribution in [0.3, 0.4) is 0 Å². The van der Waals surface area contributed by atoms with Crippen LogP contribution in [0.5, 0.6) is 0 Å². The van der Waals surface area contributed by atoms with Crippen molar-refractivity contribution in [2.75, 3.05) is 0 Å². The maximum Gasteiger partial charge on any atom is 0.0616 e. The van der Waals surface area contributed by atoms with Crippen molar-refractivity contribution < 1.29 is 21.5 Å². The second kappa shape index (κ2) is 4.90. The summed E-state index contributed by atoms with van der Waals surface area (Å²) >= 11 is 0. The molecule has 1 heterocycles. The molecule has 2 heteroatoms. The maximum absolute atomic E-state index is 7.43. The van der Waals surface area contributed by atoms with Gasteiger partial charge in [-0.15, -0.1) is 35.9 Å². The first kappa shape index (κ1) is 8.61. The van der Waals surface area contributed by atoms with Crippen LogP contribution in [0.15, 0.2) is 48.6 Å². The van der Waals surface area contributed by atoms with Crippen molar-refractivity contribution >= 4 is 0 Å². The first-order valence-electron chi connectivity index (χ1n) is 4.26. The molecule has 0 aliphatic rings. The van der Waals surface area contributed by atoms with E-state index in [9.17, 15) is 0 Å². The Bertz CT molecular complexity index is 403. The zero-order valence-electron chi connectivity index (χ0n) is 7.82. The van der Waals surface area contributed by atoms with Gasteiger partial charge in [0.2, 0.25) is 0 Å². The van der Waals surface area contributed by atoms with Gasteiger partial charge in [0.25, 0.3) is 0 Å². The van der Waals surface area contributed by atoms with Crippen molar-refractivity contribution in [3.8, 4) is 11.3 Å². The van der Waals surface area contributed by atoms with Gasteiger partial charge < -0.3 is 4.98 Å². The van der Waals surface area contributed by atoms with Crippen LogP contribution in [0, 0.1) is 6.07 Å². The van der Waals surface area contributed by atoms with Gasteiger partial charge in [-0.25, -0.2) is 0 Å². The van der Waals surface area contributed by atoms with Crippen LogP contribution in [0.25, 0.3) is 11.3 Å². The monoisotopic (exact) mass is 348 g/mol. The van der Waals surface area contributed by atoms with Gasteiger partial charge in [0.1, 0.15) is 0 Å². The van der Waals surface area contributed by atoms with E-state index in [4.69, 9.17) is 1.37 Å². The van der Waals surface area contributed by atoms with Gasteiger partial charge in [0.05, 0.1) is 1.37 Å².